The summed E-state index contributed by atoms with van der Waals surface area (Å²) in [5.41, 5.74) is 1.56. The number of oxazole rings is 1. The number of rotatable bonds is 4. The highest BCUT2D eigenvalue weighted by Gasteiger charge is 2.15. The Morgan fingerprint density at radius 3 is 3.11 bits per heavy atom. The molecule has 1 aromatic carbocycles. The molecule has 0 amide bonds. The van der Waals surface area contributed by atoms with E-state index in [-0.39, 0.29) is 5.76 Å². The van der Waals surface area contributed by atoms with Gasteiger partial charge in [0.05, 0.1) is 11.6 Å². The van der Waals surface area contributed by atoms with E-state index < -0.39 is 0 Å². The summed E-state index contributed by atoms with van der Waals surface area (Å²) in [5.74, 6) is -0.260. The molecule has 1 aliphatic rings. The summed E-state index contributed by atoms with van der Waals surface area (Å²) in [6.45, 7) is 1.59. The molecule has 0 spiro atoms. The van der Waals surface area contributed by atoms with E-state index in [9.17, 15) is 4.79 Å². The van der Waals surface area contributed by atoms with Crippen molar-refractivity contribution in [1.82, 2.24) is 4.57 Å². The molecule has 2 aromatic rings. The van der Waals surface area contributed by atoms with Crippen molar-refractivity contribution in [3.8, 4) is 0 Å². The van der Waals surface area contributed by atoms with Gasteiger partial charge in [0.2, 0.25) is 0 Å². The topological polar surface area (TPSA) is 44.4 Å². The normalized spacial score (nSPS) is 19.3. The molecule has 4 nitrogen and oxygen atoms in total. The molecule has 1 unspecified atom stereocenters. The van der Waals surface area contributed by atoms with Gasteiger partial charge in [0.25, 0.3) is 0 Å². The second kappa shape index (κ2) is 5.66. The molecular formula is C14H16INO3. The van der Waals surface area contributed by atoms with Crippen LogP contribution in [-0.2, 0) is 11.3 Å². The summed E-state index contributed by atoms with van der Waals surface area (Å²) in [6.07, 6.45) is 4.67. The van der Waals surface area contributed by atoms with Crippen molar-refractivity contribution in [2.75, 3.05) is 6.61 Å². The molecule has 5 heteroatoms. The van der Waals surface area contributed by atoms with Crippen LogP contribution in [0.1, 0.15) is 25.7 Å². The zero-order valence-electron chi connectivity index (χ0n) is 10.6. The highest BCUT2D eigenvalue weighted by molar-refractivity contribution is 14.1. The molecule has 3 rings (SSSR count). The maximum Gasteiger partial charge on any atom is 0.419 e. The number of aryl methyl sites for hydroxylation is 1. The lowest BCUT2D eigenvalue weighted by atomic mass is 10.1. The average molecular weight is 373 g/mol. The predicted octanol–water partition coefficient (Wildman–Crippen LogP) is 3.16. The van der Waals surface area contributed by atoms with Crippen molar-refractivity contribution < 1.29 is 9.15 Å². The van der Waals surface area contributed by atoms with Crippen molar-refractivity contribution in [3.63, 3.8) is 0 Å². The van der Waals surface area contributed by atoms with Gasteiger partial charge in [0.1, 0.15) is 0 Å². The van der Waals surface area contributed by atoms with E-state index in [0.717, 1.165) is 41.4 Å². The van der Waals surface area contributed by atoms with Gasteiger partial charge in [0.15, 0.2) is 5.58 Å². The minimum absolute atomic E-state index is 0.260. The van der Waals surface area contributed by atoms with E-state index >= 15 is 0 Å². The fraction of sp³-hybridized carbons (Fsp3) is 0.500. The second-order valence-electron chi connectivity index (χ2n) is 4.91. The van der Waals surface area contributed by atoms with Crippen LogP contribution in [0.15, 0.2) is 27.4 Å². The summed E-state index contributed by atoms with van der Waals surface area (Å²) in [6, 6.07) is 5.80. The largest absolute Gasteiger partial charge is 0.419 e. The molecule has 0 radical (unpaired) electrons. The van der Waals surface area contributed by atoms with E-state index in [1.54, 1.807) is 4.57 Å². The molecule has 1 saturated heterocycles. The zero-order chi connectivity index (χ0) is 13.2. The minimum Gasteiger partial charge on any atom is -0.408 e. The van der Waals surface area contributed by atoms with Crippen LogP contribution in [0.4, 0.5) is 0 Å². The Balaban J connectivity index is 1.74. The number of aromatic nitrogens is 1. The number of fused-ring (bicyclic) bond motifs is 1. The van der Waals surface area contributed by atoms with Crippen LogP contribution in [0.3, 0.4) is 0 Å². The lowest BCUT2D eigenvalue weighted by Gasteiger charge is -2.08. The van der Waals surface area contributed by atoms with Gasteiger partial charge in [-0.1, -0.05) is 0 Å². The van der Waals surface area contributed by atoms with Crippen molar-refractivity contribution in [1.29, 1.82) is 0 Å². The third kappa shape index (κ3) is 2.86. The number of ether oxygens (including phenoxy) is 1. The highest BCUT2D eigenvalue weighted by Crippen LogP contribution is 2.19. The Labute approximate surface area is 124 Å². The molecule has 1 atom stereocenters. The number of hydrogen-bond donors (Lipinski definition) is 0. The van der Waals surface area contributed by atoms with Gasteiger partial charge in [-0.25, -0.2) is 4.79 Å². The molecule has 1 aromatic heterocycles. The van der Waals surface area contributed by atoms with Gasteiger partial charge < -0.3 is 9.15 Å². The molecule has 0 saturated carbocycles. The van der Waals surface area contributed by atoms with Crippen LogP contribution in [0, 0.1) is 3.57 Å². The lowest BCUT2D eigenvalue weighted by molar-refractivity contribution is 0.101. The van der Waals surface area contributed by atoms with Gasteiger partial charge in [-0.15, -0.1) is 0 Å². The van der Waals surface area contributed by atoms with Gasteiger partial charge in [-0.3, -0.25) is 4.57 Å². The Bertz CT molecular complexity index is 625. The minimum atomic E-state index is -0.260. The maximum atomic E-state index is 11.8. The van der Waals surface area contributed by atoms with E-state index in [4.69, 9.17) is 9.15 Å². The molecule has 102 valence electrons. The monoisotopic (exact) mass is 373 g/mol. The number of halogens is 1. The summed E-state index contributed by atoms with van der Waals surface area (Å²) in [5, 5.41) is 0. The maximum absolute atomic E-state index is 11.8. The van der Waals surface area contributed by atoms with Gasteiger partial charge >= 0.3 is 5.76 Å². The first-order chi connectivity index (χ1) is 9.24. The van der Waals surface area contributed by atoms with Crippen molar-refractivity contribution >= 4 is 33.7 Å². The molecule has 0 bridgehead atoms. The van der Waals surface area contributed by atoms with E-state index in [1.807, 2.05) is 18.2 Å². The van der Waals surface area contributed by atoms with Crippen LogP contribution < -0.4 is 5.76 Å². The smallest absolute Gasteiger partial charge is 0.408 e. The standard InChI is InChI=1S/C14H16INO3/c15-10-5-6-13-12(9-10)16(14(17)19-13)7-1-3-11-4-2-8-18-11/h5-6,9,11H,1-4,7-8H2. The number of hydrogen-bond acceptors (Lipinski definition) is 3. The van der Waals surface area contributed by atoms with E-state index in [0.29, 0.717) is 18.2 Å². The molecule has 1 aliphatic heterocycles. The van der Waals surface area contributed by atoms with E-state index in [1.165, 1.54) is 0 Å². The van der Waals surface area contributed by atoms with Crippen molar-refractivity contribution in [2.24, 2.45) is 0 Å². The zero-order valence-corrected chi connectivity index (χ0v) is 12.8. The van der Waals surface area contributed by atoms with Crippen molar-refractivity contribution in [3.05, 3.63) is 32.3 Å². The summed E-state index contributed by atoms with van der Waals surface area (Å²) in [4.78, 5) is 11.8. The SMILES string of the molecule is O=c1oc2ccc(I)cc2n1CCCC1CCCO1. The van der Waals surface area contributed by atoms with Crippen LogP contribution in [0.2, 0.25) is 0 Å². The first kappa shape index (κ1) is 13.2. The molecule has 0 aliphatic carbocycles. The average Bonchev–Trinajstić information content (AvgIpc) is 2.99. The first-order valence-electron chi connectivity index (χ1n) is 6.64. The third-order valence-electron chi connectivity index (χ3n) is 3.56. The van der Waals surface area contributed by atoms with Gasteiger partial charge in [-0.05, 0) is 66.5 Å². The predicted molar refractivity (Wildman–Crippen MR) is 81.4 cm³/mol. The molecular weight excluding hydrogens is 357 g/mol. The summed E-state index contributed by atoms with van der Waals surface area (Å²) in [7, 11) is 0. The van der Waals surface area contributed by atoms with Crippen LogP contribution >= 0.6 is 22.6 Å². The number of benzene rings is 1. The van der Waals surface area contributed by atoms with Crippen LogP contribution in [0.25, 0.3) is 11.1 Å². The fourth-order valence-corrected chi connectivity index (χ4v) is 3.07. The Hall–Kier alpha value is -0.820. The van der Waals surface area contributed by atoms with Crippen LogP contribution in [0.5, 0.6) is 0 Å². The Kier molecular flexibility index (Phi) is 3.93. The molecule has 2 heterocycles. The lowest BCUT2D eigenvalue weighted by Crippen LogP contribution is -2.15. The van der Waals surface area contributed by atoms with Crippen molar-refractivity contribution in [2.45, 2.75) is 38.3 Å². The van der Waals surface area contributed by atoms with Gasteiger partial charge in [0, 0.05) is 16.7 Å². The molecule has 0 N–H and O–H groups in total. The highest BCUT2D eigenvalue weighted by atomic mass is 127. The number of nitrogens with zero attached hydrogens (tertiary/aromatic N) is 1. The van der Waals surface area contributed by atoms with Crippen LogP contribution in [-0.4, -0.2) is 17.3 Å². The summed E-state index contributed by atoms with van der Waals surface area (Å²) < 4.78 is 13.7. The van der Waals surface area contributed by atoms with E-state index in [2.05, 4.69) is 22.6 Å². The third-order valence-corrected chi connectivity index (χ3v) is 4.23. The second-order valence-corrected chi connectivity index (χ2v) is 6.15. The van der Waals surface area contributed by atoms with Gasteiger partial charge in [-0.2, -0.15) is 0 Å². The quantitative estimate of drug-likeness (QED) is 0.774. The Morgan fingerprint density at radius 2 is 2.32 bits per heavy atom. The fourth-order valence-electron chi connectivity index (χ4n) is 2.60. The first-order valence-corrected chi connectivity index (χ1v) is 7.72. The Morgan fingerprint density at radius 1 is 1.42 bits per heavy atom. The summed E-state index contributed by atoms with van der Waals surface area (Å²) >= 11 is 2.25. The molecule has 1 fully saturated rings. The molecule has 19 heavy (non-hydrogen) atoms.